The van der Waals surface area contributed by atoms with E-state index >= 15 is 0 Å². The van der Waals surface area contributed by atoms with E-state index in [1.165, 1.54) is 11.3 Å². The maximum Gasteiger partial charge on any atom is 0.271 e. The molecule has 238 valence electrons. The first-order chi connectivity index (χ1) is 22.9. The number of nitrogens with one attached hydrogen (secondary N) is 1. The first-order valence-corrected chi connectivity index (χ1v) is 16.2. The van der Waals surface area contributed by atoms with Crippen LogP contribution in [0.15, 0.2) is 118 Å². The van der Waals surface area contributed by atoms with Crippen molar-refractivity contribution in [2.45, 2.75) is 26.5 Å². The number of anilines is 1. The number of para-hydroxylation sites is 1. The molecular weight excluding hydrogens is 634 g/mol. The molecule has 4 aromatic carbocycles. The number of nitrogens with zero attached hydrogens (tertiary/aromatic N) is 2. The summed E-state index contributed by atoms with van der Waals surface area (Å²) >= 11 is 7.58. The van der Waals surface area contributed by atoms with Crippen LogP contribution in [0.5, 0.6) is 17.2 Å². The van der Waals surface area contributed by atoms with Crippen LogP contribution in [-0.2, 0) is 11.4 Å². The zero-order valence-electron chi connectivity index (χ0n) is 26.0. The van der Waals surface area contributed by atoms with E-state index in [1.807, 2.05) is 104 Å². The molecule has 1 aromatic heterocycles. The van der Waals surface area contributed by atoms with Crippen molar-refractivity contribution in [3.8, 4) is 17.2 Å². The van der Waals surface area contributed by atoms with Crippen molar-refractivity contribution < 1.29 is 19.0 Å². The monoisotopic (exact) mass is 665 g/mol. The molecule has 0 aliphatic carbocycles. The quantitative estimate of drug-likeness (QED) is 0.184. The number of hydrogen-bond acceptors (Lipinski definition) is 7. The van der Waals surface area contributed by atoms with E-state index in [-0.39, 0.29) is 18.1 Å². The summed E-state index contributed by atoms with van der Waals surface area (Å²) in [6, 6.07) is 28.9. The molecule has 1 amide bonds. The van der Waals surface area contributed by atoms with Gasteiger partial charge in [0.25, 0.3) is 11.5 Å². The van der Waals surface area contributed by atoms with Crippen molar-refractivity contribution in [3.05, 3.63) is 150 Å². The Morgan fingerprint density at radius 1 is 0.979 bits per heavy atom. The molecule has 0 fully saturated rings. The maximum atomic E-state index is 14.2. The van der Waals surface area contributed by atoms with Crippen LogP contribution >= 0.6 is 22.9 Å². The Kier molecular flexibility index (Phi) is 9.56. The van der Waals surface area contributed by atoms with E-state index in [4.69, 9.17) is 30.8 Å². The smallest absolute Gasteiger partial charge is 0.271 e. The fraction of sp³-hybridized carbons (Fsp3) is 0.162. The van der Waals surface area contributed by atoms with Crippen molar-refractivity contribution in [2.75, 3.05) is 19.0 Å². The van der Waals surface area contributed by atoms with Crippen LogP contribution in [0.1, 0.15) is 36.6 Å². The van der Waals surface area contributed by atoms with Crippen molar-refractivity contribution in [2.24, 2.45) is 4.99 Å². The van der Waals surface area contributed by atoms with Gasteiger partial charge in [-0.1, -0.05) is 77.5 Å². The highest BCUT2D eigenvalue weighted by atomic mass is 35.5. The maximum absolute atomic E-state index is 14.2. The van der Waals surface area contributed by atoms with E-state index in [0.29, 0.717) is 55.2 Å². The number of hydrogen-bond donors (Lipinski definition) is 1. The van der Waals surface area contributed by atoms with E-state index in [1.54, 1.807) is 24.7 Å². The third-order valence-corrected chi connectivity index (χ3v) is 8.97. The Morgan fingerprint density at radius 3 is 2.53 bits per heavy atom. The van der Waals surface area contributed by atoms with Gasteiger partial charge in [0.05, 0.1) is 35.6 Å². The van der Waals surface area contributed by atoms with Crippen molar-refractivity contribution in [1.82, 2.24) is 4.57 Å². The van der Waals surface area contributed by atoms with Gasteiger partial charge in [-0.25, -0.2) is 4.99 Å². The molecule has 8 nitrogen and oxygen atoms in total. The average Bonchev–Trinajstić information content (AvgIpc) is 3.38. The molecular formula is C37H32ClN3O5S. The largest absolute Gasteiger partial charge is 0.497 e. The van der Waals surface area contributed by atoms with Gasteiger partial charge in [-0.2, -0.15) is 0 Å². The topological polar surface area (TPSA) is 91.2 Å². The van der Waals surface area contributed by atoms with E-state index in [9.17, 15) is 9.59 Å². The zero-order valence-corrected chi connectivity index (χ0v) is 27.6. The van der Waals surface area contributed by atoms with Crippen LogP contribution in [-0.4, -0.2) is 24.2 Å². The Hall–Kier alpha value is -5.12. The number of fused-ring (bicyclic) bond motifs is 1. The van der Waals surface area contributed by atoms with Crippen molar-refractivity contribution in [1.29, 1.82) is 0 Å². The third kappa shape index (κ3) is 6.86. The molecule has 1 atom stereocenters. The molecule has 1 N–H and O–H groups in total. The number of allylic oxidation sites excluding steroid dienone is 1. The number of ether oxygens (including phenoxy) is 3. The van der Waals surface area contributed by atoms with Gasteiger partial charge in [0, 0.05) is 16.3 Å². The summed E-state index contributed by atoms with van der Waals surface area (Å²) in [5.41, 5.74) is 3.61. The summed E-state index contributed by atoms with van der Waals surface area (Å²) in [5, 5.41) is 3.60. The zero-order chi connectivity index (χ0) is 32.9. The van der Waals surface area contributed by atoms with Gasteiger partial charge >= 0.3 is 0 Å². The van der Waals surface area contributed by atoms with E-state index in [2.05, 4.69) is 5.32 Å². The number of halogens is 1. The fourth-order valence-electron chi connectivity index (χ4n) is 5.38. The number of methoxy groups -OCH3 is 1. The van der Waals surface area contributed by atoms with Gasteiger partial charge in [0.2, 0.25) is 0 Å². The molecule has 47 heavy (non-hydrogen) atoms. The number of carbonyl (C=O) groups excluding carboxylic acids is 1. The number of amides is 1. The lowest BCUT2D eigenvalue weighted by Gasteiger charge is -2.25. The molecule has 1 aliphatic heterocycles. The number of thiazole rings is 1. The second-order valence-electron chi connectivity index (χ2n) is 10.7. The van der Waals surface area contributed by atoms with Crippen molar-refractivity contribution >= 4 is 40.6 Å². The minimum Gasteiger partial charge on any atom is -0.497 e. The highest BCUT2D eigenvalue weighted by Gasteiger charge is 2.32. The molecule has 0 bridgehead atoms. The van der Waals surface area contributed by atoms with Crippen LogP contribution in [0.2, 0.25) is 5.02 Å². The molecule has 0 saturated carbocycles. The number of benzene rings is 4. The molecule has 6 rings (SSSR count). The second kappa shape index (κ2) is 14.1. The van der Waals surface area contributed by atoms with Gasteiger partial charge in [0.15, 0.2) is 16.3 Å². The van der Waals surface area contributed by atoms with Crippen LogP contribution in [0.3, 0.4) is 0 Å². The van der Waals surface area contributed by atoms with Crippen molar-refractivity contribution in [3.63, 3.8) is 0 Å². The Balaban J connectivity index is 1.40. The van der Waals surface area contributed by atoms with Gasteiger partial charge in [0.1, 0.15) is 12.4 Å². The molecule has 0 radical (unpaired) electrons. The fourth-order valence-corrected chi connectivity index (χ4v) is 6.62. The first kappa shape index (κ1) is 31.8. The minimum absolute atomic E-state index is 0.268. The number of aromatic nitrogens is 1. The standard InChI is InChI=1S/C37H32ClN3O5S/c1-4-45-31-19-24(17-18-30(31)46-22-26-11-8-9-16-29(26)38)20-32-36(43)41-34(25-12-10-15-28(21-25)44-3)33(23(2)39-37(41)47-32)35(42)40-27-13-6-5-7-14-27/h5-21,34H,4,22H2,1-3H3,(H,40,42)/b32-20-/t34-/m0/s1. The molecule has 0 unspecified atom stereocenters. The summed E-state index contributed by atoms with van der Waals surface area (Å²) in [7, 11) is 1.58. The van der Waals surface area contributed by atoms with E-state index < -0.39 is 6.04 Å². The van der Waals surface area contributed by atoms with E-state index in [0.717, 1.165) is 16.7 Å². The predicted octanol–water partition coefficient (Wildman–Crippen LogP) is 6.51. The Bertz CT molecular complexity index is 2160. The lowest BCUT2D eigenvalue weighted by Crippen LogP contribution is -2.40. The van der Waals surface area contributed by atoms with Crippen LogP contribution in [0, 0.1) is 0 Å². The lowest BCUT2D eigenvalue weighted by molar-refractivity contribution is -0.113. The molecule has 2 heterocycles. The summed E-state index contributed by atoms with van der Waals surface area (Å²) in [4.78, 5) is 33.2. The minimum atomic E-state index is -0.730. The normalized spacial score (nSPS) is 14.3. The Labute approximate surface area is 280 Å². The lowest BCUT2D eigenvalue weighted by atomic mass is 9.95. The van der Waals surface area contributed by atoms with Crippen LogP contribution in [0.4, 0.5) is 5.69 Å². The number of rotatable bonds is 10. The first-order valence-electron chi connectivity index (χ1n) is 15.0. The molecule has 0 saturated heterocycles. The summed E-state index contributed by atoms with van der Waals surface area (Å²) in [6.07, 6.45) is 1.80. The van der Waals surface area contributed by atoms with Gasteiger partial charge in [-0.05, 0) is 73.5 Å². The van der Waals surface area contributed by atoms with Gasteiger partial charge in [-0.3, -0.25) is 14.2 Å². The van der Waals surface area contributed by atoms with Crippen LogP contribution in [0.25, 0.3) is 6.08 Å². The third-order valence-electron chi connectivity index (χ3n) is 7.61. The number of carbonyl (C=O) groups is 1. The Morgan fingerprint density at radius 2 is 1.77 bits per heavy atom. The molecule has 0 spiro atoms. The van der Waals surface area contributed by atoms with Gasteiger partial charge < -0.3 is 19.5 Å². The molecule has 1 aliphatic rings. The SMILES string of the molecule is CCOc1cc(/C=c2\sc3n(c2=O)[C@@H](c2cccc(OC)c2)C(C(=O)Nc2ccccc2)=C(C)N=3)ccc1OCc1ccccc1Cl. The van der Waals surface area contributed by atoms with Gasteiger partial charge in [-0.15, -0.1) is 0 Å². The second-order valence-corrected chi connectivity index (χ2v) is 12.1. The highest BCUT2D eigenvalue weighted by molar-refractivity contribution is 7.07. The molecule has 10 heteroatoms. The predicted molar refractivity (Wildman–Crippen MR) is 185 cm³/mol. The molecule has 5 aromatic rings. The summed E-state index contributed by atoms with van der Waals surface area (Å²) < 4.78 is 19.5. The summed E-state index contributed by atoms with van der Waals surface area (Å²) in [5.74, 6) is 1.38. The highest BCUT2D eigenvalue weighted by Crippen LogP contribution is 2.33. The summed E-state index contributed by atoms with van der Waals surface area (Å²) in [6.45, 7) is 4.40. The average molecular weight is 666 g/mol. The van der Waals surface area contributed by atoms with Crippen LogP contribution < -0.4 is 34.4 Å².